The van der Waals surface area contributed by atoms with E-state index < -0.39 is 12.0 Å². The van der Waals surface area contributed by atoms with Crippen LogP contribution in [0.1, 0.15) is 34.8 Å². The molecule has 0 radical (unpaired) electrons. The van der Waals surface area contributed by atoms with Gasteiger partial charge >= 0.3 is 11.9 Å². The maximum absolute atomic E-state index is 13.2. The van der Waals surface area contributed by atoms with Crippen molar-refractivity contribution < 1.29 is 24.2 Å². The van der Waals surface area contributed by atoms with Crippen molar-refractivity contribution in [2.45, 2.75) is 25.0 Å². The maximum Gasteiger partial charge on any atom is 0.335 e. The first-order valence-electron chi connectivity index (χ1n) is 10.2. The Kier molecular flexibility index (Phi) is 5.90. The van der Waals surface area contributed by atoms with Gasteiger partial charge in [-0.3, -0.25) is 4.90 Å². The highest BCUT2D eigenvalue weighted by Crippen LogP contribution is 2.32. The van der Waals surface area contributed by atoms with Gasteiger partial charge < -0.3 is 19.9 Å². The summed E-state index contributed by atoms with van der Waals surface area (Å²) in [4.78, 5) is 27.0. The Morgan fingerprint density at radius 2 is 1.87 bits per heavy atom. The first kappa shape index (κ1) is 20.2. The molecule has 0 aromatic heterocycles. The number of benzene rings is 2. The Labute approximate surface area is 175 Å². The topological polar surface area (TPSA) is 88.1 Å². The van der Waals surface area contributed by atoms with Crippen LogP contribution in [0.3, 0.4) is 0 Å². The number of rotatable bonds is 7. The van der Waals surface area contributed by atoms with Crippen molar-refractivity contribution in [1.82, 2.24) is 4.90 Å². The highest BCUT2D eigenvalue weighted by atomic mass is 16.5. The van der Waals surface area contributed by atoms with Crippen LogP contribution in [-0.2, 0) is 9.53 Å². The molecule has 5 rings (SSSR count). The number of carboxylic acids is 1. The third-order valence-corrected chi connectivity index (χ3v) is 5.93. The monoisotopic (exact) mass is 410 g/mol. The second kappa shape index (κ2) is 8.75. The van der Waals surface area contributed by atoms with Crippen LogP contribution in [0.4, 0.5) is 5.69 Å². The van der Waals surface area contributed by atoms with Gasteiger partial charge in [0.15, 0.2) is 6.04 Å². The number of hydrogen-bond acceptors (Lipinski definition) is 6. The number of ether oxygens (including phenoxy) is 2. The number of carbonyl (C=O) groups is 2. The molecule has 2 atom stereocenters. The lowest BCUT2D eigenvalue weighted by Crippen LogP contribution is -2.52. The summed E-state index contributed by atoms with van der Waals surface area (Å²) in [5, 5.41) is 12.6. The number of anilines is 1. The largest absolute Gasteiger partial charge is 0.497 e. The first-order valence-corrected chi connectivity index (χ1v) is 10.2. The molecule has 3 fully saturated rings. The molecular formula is C23H26N2O5. The predicted molar refractivity (Wildman–Crippen MR) is 112 cm³/mol. The minimum absolute atomic E-state index is 0.0782. The van der Waals surface area contributed by atoms with E-state index in [0.29, 0.717) is 17.4 Å². The number of nitrogens with zero attached hydrogens (tertiary/aromatic N) is 1. The smallest absolute Gasteiger partial charge is 0.335 e. The van der Waals surface area contributed by atoms with Crippen LogP contribution in [0, 0.1) is 5.92 Å². The van der Waals surface area contributed by atoms with Gasteiger partial charge in [0.2, 0.25) is 0 Å². The van der Waals surface area contributed by atoms with Gasteiger partial charge in [0, 0.05) is 18.3 Å². The number of aromatic carboxylic acids is 1. The molecule has 3 aliphatic rings. The number of piperidine rings is 3. The van der Waals surface area contributed by atoms with E-state index in [4.69, 9.17) is 9.47 Å². The van der Waals surface area contributed by atoms with Crippen LogP contribution in [0.25, 0.3) is 0 Å². The van der Waals surface area contributed by atoms with E-state index in [-0.39, 0.29) is 17.6 Å². The number of fused-ring (bicyclic) bond motifs is 3. The van der Waals surface area contributed by atoms with E-state index in [1.54, 1.807) is 6.07 Å². The maximum atomic E-state index is 13.2. The normalized spacial score (nSPS) is 23.4. The quantitative estimate of drug-likeness (QED) is 0.678. The number of carbonyl (C=O) groups excluding carboxylic acids is 1. The van der Waals surface area contributed by atoms with Crippen LogP contribution in [0.2, 0.25) is 0 Å². The highest BCUT2D eigenvalue weighted by Gasteiger charge is 2.38. The fraction of sp³-hybridized carbons (Fsp3) is 0.391. The summed E-state index contributed by atoms with van der Waals surface area (Å²) in [5.74, 6) is -0.622. The average Bonchev–Trinajstić information content (AvgIpc) is 2.78. The summed E-state index contributed by atoms with van der Waals surface area (Å²) in [7, 11) is 1.47. The Morgan fingerprint density at radius 1 is 1.13 bits per heavy atom. The number of methoxy groups -OCH3 is 1. The summed E-state index contributed by atoms with van der Waals surface area (Å²) in [5.41, 5.74) is 1.31. The second-order valence-corrected chi connectivity index (χ2v) is 7.86. The van der Waals surface area contributed by atoms with Crippen molar-refractivity contribution in [2.75, 3.05) is 32.1 Å². The average molecular weight is 410 g/mol. The SMILES string of the molecule is COc1cc(NC(C(=O)O[C@H]2CN3CCC2CC3)c2ccccc2)cc(C(=O)O)c1. The van der Waals surface area contributed by atoms with Crippen molar-refractivity contribution in [3.8, 4) is 5.75 Å². The van der Waals surface area contributed by atoms with E-state index in [1.807, 2.05) is 30.3 Å². The number of esters is 1. The Balaban J connectivity index is 1.58. The van der Waals surface area contributed by atoms with E-state index in [1.165, 1.54) is 19.2 Å². The fourth-order valence-electron chi connectivity index (χ4n) is 4.28. The van der Waals surface area contributed by atoms with Gasteiger partial charge in [-0.05, 0) is 49.5 Å². The van der Waals surface area contributed by atoms with Crippen molar-refractivity contribution in [2.24, 2.45) is 5.92 Å². The zero-order valence-electron chi connectivity index (χ0n) is 16.9. The zero-order valence-corrected chi connectivity index (χ0v) is 16.9. The van der Waals surface area contributed by atoms with E-state index >= 15 is 0 Å². The summed E-state index contributed by atoms with van der Waals surface area (Å²) < 4.78 is 11.2. The molecule has 3 saturated heterocycles. The molecule has 0 aliphatic carbocycles. The summed E-state index contributed by atoms with van der Waals surface area (Å²) in [6.07, 6.45) is 2.01. The van der Waals surface area contributed by atoms with Crippen LogP contribution in [0.15, 0.2) is 48.5 Å². The molecule has 0 spiro atoms. The molecule has 1 unspecified atom stereocenters. The van der Waals surface area contributed by atoms with Crippen LogP contribution in [0.5, 0.6) is 5.75 Å². The molecule has 7 nitrogen and oxygen atoms in total. The second-order valence-electron chi connectivity index (χ2n) is 7.86. The molecule has 0 amide bonds. The highest BCUT2D eigenvalue weighted by molar-refractivity contribution is 5.90. The Morgan fingerprint density at radius 3 is 2.47 bits per heavy atom. The molecule has 158 valence electrons. The van der Waals surface area contributed by atoms with Gasteiger partial charge in [-0.2, -0.15) is 0 Å². The van der Waals surface area contributed by atoms with Gasteiger partial charge in [0.05, 0.1) is 12.7 Å². The number of nitrogens with one attached hydrogen (secondary N) is 1. The van der Waals surface area contributed by atoms with Crippen molar-refractivity contribution in [3.63, 3.8) is 0 Å². The number of carboxylic acid groups (broad SMARTS) is 1. The lowest BCUT2D eigenvalue weighted by molar-refractivity contribution is -0.159. The molecule has 0 saturated carbocycles. The molecule has 2 bridgehead atoms. The fourth-order valence-corrected chi connectivity index (χ4v) is 4.28. The van der Waals surface area contributed by atoms with E-state index in [9.17, 15) is 14.7 Å². The zero-order chi connectivity index (χ0) is 21.1. The Bertz CT molecular complexity index is 909. The molecular weight excluding hydrogens is 384 g/mol. The lowest BCUT2D eigenvalue weighted by atomic mass is 9.86. The standard InChI is InChI=1S/C23H26N2O5/c1-29-19-12-17(22(26)27)11-18(13-19)24-21(16-5-3-2-4-6-16)23(28)30-20-14-25-9-7-15(20)8-10-25/h2-6,11-13,15,20-21,24H,7-10,14H2,1H3,(H,26,27)/t20-,21?/m0/s1. The van der Waals surface area contributed by atoms with E-state index in [0.717, 1.165) is 38.0 Å². The summed E-state index contributed by atoms with van der Waals surface area (Å²) in [6.45, 7) is 2.92. The predicted octanol–water partition coefficient (Wildman–Crippen LogP) is 3.18. The number of hydrogen-bond donors (Lipinski definition) is 2. The van der Waals surface area contributed by atoms with Gasteiger partial charge in [-0.25, -0.2) is 9.59 Å². The molecule has 2 aromatic rings. The lowest BCUT2D eigenvalue weighted by Gasteiger charge is -2.44. The first-order chi connectivity index (χ1) is 14.5. The van der Waals surface area contributed by atoms with Gasteiger partial charge in [-0.15, -0.1) is 0 Å². The minimum atomic E-state index is -1.07. The summed E-state index contributed by atoms with van der Waals surface area (Å²) in [6, 6.07) is 13.2. The Hall–Kier alpha value is -3.06. The van der Waals surface area contributed by atoms with Gasteiger partial charge in [0.25, 0.3) is 0 Å². The van der Waals surface area contributed by atoms with Crippen LogP contribution >= 0.6 is 0 Å². The van der Waals surface area contributed by atoms with Crippen LogP contribution in [-0.4, -0.2) is 54.8 Å². The molecule has 30 heavy (non-hydrogen) atoms. The summed E-state index contributed by atoms with van der Waals surface area (Å²) >= 11 is 0. The van der Waals surface area contributed by atoms with Crippen molar-refractivity contribution >= 4 is 17.6 Å². The molecule has 3 aliphatic heterocycles. The van der Waals surface area contributed by atoms with Crippen molar-refractivity contribution in [1.29, 1.82) is 0 Å². The third-order valence-electron chi connectivity index (χ3n) is 5.93. The van der Waals surface area contributed by atoms with Crippen LogP contribution < -0.4 is 10.1 Å². The molecule has 2 N–H and O–H groups in total. The molecule has 7 heteroatoms. The van der Waals surface area contributed by atoms with Gasteiger partial charge in [0.1, 0.15) is 11.9 Å². The van der Waals surface area contributed by atoms with Gasteiger partial charge in [-0.1, -0.05) is 30.3 Å². The van der Waals surface area contributed by atoms with Crippen molar-refractivity contribution in [3.05, 3.63) is 59.7 Å². The van der Waals surface area contributed by atoms with E-state index in [2.05, 4.69) is 10.2 Å². The minimum Gasteiger partial charge on any atom is -0.497 e. The third kappa shape index (κ3) is 4.41. The molecule has 3 heterocycles. The molecule has 2 aromatic carbocycles.